The molecule has 3 rings (SSSR count). The molecule has 0 aromatic carbocycles. The molecule has 0 aliphatic carbocycles. The van der Waals surface area contributed by atoms with Crippen molar-refractivity contribution in [2.24, 2.45) is 5.16 Å². The lowest BCUT2D eigenvalue weighted by atomic mass is 10.0. The molecule has 1 N–H and O–H groups in total. The van der Waals surface area contributed by atoms with E-state index in [2.05, 4.69) is 21.5 Å². The molecule has 1 atom stereocenters. The van der Waals surface area contributed by atoms with E-state index in [0.29, 0.717) is 0 Å². The Morgan fingerprint density at radius 3 is 3.06 bits per heavy atom. The quantitative estimate of drug-likeness (QED) is 0.771. The summed E-state index contributed by atoms with van der Waals surface area (Å²) in [5.74, 6) is 0. The maximum absolute atomic E-state index is 5.39. The average molecular weight is 215 g/mol. The van der Waals surface area contributed by atoms with Crippen LogP contribution in [0.1, 0.15) is 18.4 Å². The number of pyridine rings is 1. The summed E-state index contributed by atoms with van der Waals surface area (Å²) in [5.41, 5.74) is 3.15. The first-order valence-electron chi connectivity index (χ1n) is 5.53. The molecule has 2 aliphatic heterocycles. The van der Waals surface area contributed by atoms with Crippen molar-refractivity contribution in [1.29, 1.82) is 0 Å². The summed E-state index contributed by atoms with van der Waals surface area (Å²) in [7, 11) is 0. The minimum absolute atomic E-state index is 0.0642. The third-order valence-corrected chi connectivity index (χ3v) is 2.83. The van der Waals surface area contributed by atoms with Crippen LogP contribution >= 0.6 is 0 Å². The molecule has 0 saturated heterocycles. The zero-order valence-corrected chi connectivity index (χ0v) is 8.89. The van der Waals surface area contributed by atoms with Gasteiger partial charge in [-0.15, -0.1) is 0 Å². The van der Waals surface area contributed by atoms with Gasteiger partial charge in [-0.25, -0.2) is 0 Å². The summed E-state index contributed by atoms with van der Waals surface area (Å²) in [6.07, 6.45) is 7.92. The van der Waals surface area contributed by atoms with E-state index in [0.717, 1.165) is 36.2 Å². The van der Waals surface area contributed by atoms with Crippen LogP contribution in [0.4, 0.5) is 0 Å². The molecular weight excluding hydrogens is 202 g/mol. The third-order valence-electron chi connectivity index (χ3n) is 2.83. The first kappa shape index (κ1) is 9.54. The first-order valence-corrected chi connectivity index (χ1v) is 5.53. The number of nitrogens with one attached hydrogen (secondary N) is 1. The Bertz CT molecular complexity index is 439. The Kier molecular flexibility index (Phi) is 2.42. The van der Waals surface area contributed by atoms with Gasteiger partial charge >= 0.3 is 0 Å². The van der Waals surface area contributed by atoms with Gasteiger partial charge in [-0.1, -0.05) is 11.2 Å². The van der Waals surface area contributed by atoms with Gasteiger partial charge in [0.1, 0.15) is 5.71 Å². The standard InChI is InChI=1S/C12H13N3O/c1-2-6-14-12-10(3-1)11(15-16-12)9-4-7-13-8-5-9/h3-5,7-8,12,14H,1-2,6H2. The van der Waals surface area contributed by atoms with Crippen molar-refractivity contribution in [2.45, 2.75) is 19.1 Å². The molecule has 0 fully saturated rings. The Balaban J connectivity index is 1.95. The van der Waals surface area contributed by atoms with Crippen LogP contribution in [0.25, 0.3) is 0 Å². The van der Waals surface area contributed by atoms with E-state index >= 15 is 0 Å². The molecule has 4 heteroatoms. The van der Waals surface area contributed by atoms with Gasteiger partial charge in [-0.05, 0) is 31.5 Å². The van der Waals surface area contributed by atoms with E-state index in [1.165, 1.54) is 0 Å². The van der Waals surface area contributed by atoms with E-state index in [-0.39, 0.29) is 6.23 Å². The normalized spacial score (nSPS) is 23.9. The molecule has 0 radical (unpaired) electrons. The number of aromatic nitrogens is 1. The molecule has 82 valence electrons. The average Bonchev–Trinajstić information content (AvgIpc) is 2.60. The maximum Gasteiger partial charge on any atom is 0.206 e. The van der Waals surface area contributed by atoms with Crippen molar-refractivity contribution in [3.05, 3.63) is 41.7 Å². The minimum Gasteiger partial charge on any atom is -0.371 e. The minimum atomic E-state index is -0.0642. The van der Waals surface area contributed by atoms with E-state index in [4.69, 9.17) is 4.84 Å². The van der Waals surface area contributed by atoms with Crippen molar-refractivity contribution in [2.75, 3.05) is 6.54 Å². The summed E-state index contributed by atoms with van der Waals surface area (Å²) in [5, 5.41) is 7.47. The smallest absolute Gasteiger partial charge is 0.206 e. The van der Waals surface area contributed by atoms with E-state index < -0.39 is 0 Å². The molecule has 3 heterocycles. The molecule has 1 aromatic rings. The highest BCUT2D eigenvalue weighted by Gasteiger charge is 2.28. The predicted molar refractivity (Wildman–Crippen MR) is 61.0 cm³/mol. The highest BCUT2D eigenvalue weighted by Crippen LogP contribution is 2.23. The van der Waals surface area contributed by atoms with Gasteiger partial charge in [0.2, 0.25) is 6.23 Å². The van der Waals surface area contributed by atoms with Gasteiger partial charge in [-0.2, -0.15) is 0 Å². The topological polar surface area (TPSA) is 46.5 Å². The summed E-state index contributed by atoms with van der Waals surface area (Å²) in [6, 6.07) is 3.91. The van der Waals surface area contributed by atoms with Gasteiger partial charge in [0.05, 0.1) is 0 Å². The largest absolute Gasteiger partial charge is 0.371 e. The summed E-state index contributed by atoms with van der Waals surface area (Å²) in [4.78, 5) is 9.40. The number of rotatable bonds is 1. The highest BCUT2D eigenvalue weighted by atomic mass is 16.7. The van der Waals surface area contributed by atoms with Crippen molar-refractivity contribution in [3.8, 4) is 0 Å². The number of fused-ring (bicyclic) bond motifs is 1. The number of oxime groups is 1. The third kappa shape index (κ3) is 1.61. The monoisotopic (exact) mass is 215 g/mol. The Hall–Kier alpha value is -1.68. The van der Waals surface area contributed by atoms with Crippen molar-refractivity contribution in [3.63, 3.8) is 0 Å². The SMILES string of the molecule is C1=C2C(c3ccncc3)=NOC2NCCC1. The fourth-order valence-electron chi connectivity index (χ4n) is 2.01. The van der Waals surface area contributed by atoms with Gasteiger partial charge in [0.25, 0.3) is 0 Å². The van der Waals surface area contributed by atoms with Crippen LogP contribution < -0.4 is 5.32 Å². The van der Waals surface area contributed by atoms with Crippen LogP contribution in [0.15, 0.2) is 41.3 Å². The zero-order valence-electron chi connectivity index (χ0n) is 8.89. The van der Waals surface area contributed by atoms with E-state index in [1.54, 1.807) is 12.4 Å². The predicted octanol–water partition coefficient (Wildman–Crippen LogP) is 1.45. The van der Waals surface area contributed by atoms with Crippen LogP contribution in [0.3, 0.4) is 0 Å². The lowest BCUT2D eigenvalue weighted by Gasteiger charge is -2.09. The van der Waals surface area contributed by atoms with Crippen LogP contribution in [0.2, 0.25) is 0 Å². The second-order valence-electron chi connectivity index (χ2n) is 3.92. The summed E-state index contributed by atoms with van der Waals surface area (Å²) in [6.45, 7) is 0.976. The number of hydrogen-bond acceptors (Lipinski definition) is 4. The molecule has 0 spiro atoms. The summed E-state index contributed by atoms with van der Waals surface area (Å²) < 4.78 is 0. The van der Waals surface area contributed by atoms with Crippen molar-refractivity contribution >= 4 is 5.71 Å². The molecule has 0 bridgehead atoms. The van der Waals surface area contributed by atoms with Crippen molar-refractivity contribution in [1.82, 2.24) is 10.3 Å². The molecule has 16 heavy (non-hydrogen) atoms. The van der Waals surface area contributed by atoms with Crippen molar-refractivity contribution < 1.29 is 4.84 Å². The van der Waals surface area contributed by atoms with Crippen LogP contribution in [0, 0.1) is 0 Å². The molecular formula is C12H13N3O. The fourth-order valence-corrected chi connectivity index (χ4v) is 2.01. The number of hydrogen-bond donors (Lipinski definition) is 1. The number of nitrogens with zero attached hydrogens (tertiary/aromatic N) is 2. The van der Waals surface area contributed by atoms with E-state index in [9.17, 15) is 0 Å². The second-order valence-corrected chi connectivity index (χ2v) is 3.92. The van der Waals surface area contributed by atoms with Crippen LogP contribution in [-0.4, -0.2) is 23.5 Å². The molecule has 4 nitrogen and oxygen atoms in total. The molecule has 1 unspecified atom stereocenters. The molecule has 1 aromatic heterocycles. The van der Waals surface area contributed by atoms with E-state index in [1.807, 2.05) is 12.1 Å². The van der Waals surface area contributed by atoms with Gasteiger partial charge in [0.15, 0.2) is 0 Å². The van der Waals surface area contributed by atoms with Gasteiger partial charge < -0.3 is 4.84 Å². The zero-order chi connectivity index (χ0) is 10.8. The van der Waals surface area contributed by atoms with Gasteiger partial charge in [0, 0.05) is 23.5 Å². The maximum atomic E-state index is 5.39. The first-order chi connectivity index (χ1) is 7.95. The Morgan fingerprint density at radius 1 is 1.31 bits per heavy atom. The molecule has 0 saturated carbocycles. The Labute approximate surface area is 94.0 Å². The van der Waals surface area contributed by atoms with Crippen LogP contribution in [-0.2, 0) is 4.84 Å². The van der Waals surface area contributed by atoms with Crippen LogP contribution in [0.5, 0.6) is 0 Å². The lowest BCUT2D eigenvalue weighted by Crippen LogP contribution is -2.30. The fraction of sp³-hybridized carbons (Fsp3) is 0.333. The summed E-state index contributed by atoms with van der Waals surface area (Å²) >= 11 is 0. The molecule has 2 aliphatic rings. The number of allylic oxidation sites excluding steroid dienone is 1. The van der Waals surface area contributed by atoms with Gasteiger partial charge in [-0.3, -0.25) is 10.3 Å². The Morgan fingerprint density at radius 2 is 2.19 bits per heavy atom. The lowest BCUT2D eigenvalue weighted by molar-refractivity contribution is 0.0808. The molecule has 0 amide bonds. The second kappa shape index (κ2) is 4.06. The highest BCUT2D eigenvalue weighted by molar-refractivity contribution is 6.13.